The largest absolute Gasteiger partial charge is 0.448 e. The van der Waals surface area contributed by atoms with Gasteiger partial charge in [0.05, 0.1) is 4.90 Å². The number of carbonyl (C=O) groups is 2. The minimum atomic E-state index is -3.87. The summed E-state index contributed by atoms with van der Waals surface area (Å²) in [7, 11) is -3.87. The highest BCUT2D eigenvalue weighted by Crippen LogP contribution is 2.17. The minimum Gasteiger partial charge on any atom is -0.448 e. The van der Waals surface area contributed by atoms with E-state index in [9.17, 15) is 18.0 Å². The Balaban J connectivity index is 1.61. The summed E-state index contributed by atoms with van der Waals surface area (Å²) in [5.41, 5.74) is 0.351. The molecule has 1 aromatic carbocycles. The van der Waals surface area contributed by atoms with Crippen LogP contribution in [-0.2, 0) is 19.6 Å². The summed E-state index contributed by atoms with van der Waals surface area (Å²) in [5.74, 6) is -1.18. The Morgan fingerprint density at radius 1 is 1.07 bits per heavy atom. The molecule has 1 amide bonds. The van der Waals surface area contributed by atoms with Gasteiger partial charge in [0.1, 0.15) is 4.88 Å². The number of benzene rings is 1. The Kier molecular flexibility index (Phi) is 6.20. The van der Waals surface area contributed by atoms with Crippen LogP contribution in [0.4, 0.5) is 11.6 Å². The summed E-state index contributed by atoms with van der Waals surface area (Å²) in [6.07, 6.45) is 1.80. The van der Waals surface area contributed by atoms with E-state index in [1.165, 1.54) is 54.9 Å². The molecule has 0 spiro atoms. The number of nitrogens with zero attached hydrogens (tertiary/aromatic N) is 2. The van der Waals surface area contributed by atoms with Gasteiger partial charge in [-0.05, 0) is 48.7 Å². The van der Waals surface area contributed by atoms with Crippen molar-refractivity contribution >= 4 is 44.9 Å². The van der Waals surface area contributed by atoms with E-state index in [0.29, 0.717) is 10.6 Å². The molecular formula is C18H16N4O5S2. The first-order valence-electron chi connectivity index (χ1n) is 8.30. The molecule has 2 aromatic heterocycles. The van der Waals surface area contributed by atoms with Gasteiger partial charge < -0.3 is 10.1 Å². The topological polar surface area (TPSA) is 127 Å². The van der Waals surface area contributed by atoms with Gasteiger partial charge in [-0.1, -0.05) is 6.07 Å². The molecule has 0 aliphatic rings. The van der Waals surface area contributed by atoms with Crippen LogP contribution >= 0.6 is 11.3 Å². The number of esters is 1. The number of aromatic nitrogens is 2. The van der Waals surface area contributed by atoms with Crippen molar-refractivity contribution in [1.82, 2.24) is 9.97 Å². The lowest BCUT2D eigenvalue weighted by molar-refractivity contribution is -0.123. The van der Waals surface area contributed by atoms with Gasteiger partial charge in [-0.25, -0.2) is 27.9 Å². The Labute approximate surface area is 170 Å². The monoisotopic (exact) mass is 432 g/mol. The van der Waals surface area contributed by atoms with Gasteiger partial charge in [0.2, 0.25) is 5.95 Å². The number of carbonyl (C=O) groups excluding carboxylic acids is 2. The van der Waals surface area contributed by atoms with Crippen LogP contribution in [0, 0.1) is 0 Å². The Morgan fingerprint density at radius 2 is 1.76 bits per heavy atom. The van der Waals surface area contributed by atoms with Crippen LogP contribution in [-0.4, -0.2) is 36.4 Å². The van der Waals surface area contributed by atoms with Crippen molar-refractivity contribution in [2.75, 3.05) is 10.0 Å². The molecular weight excluding hydrogens is 416 g/mol. The summed E-state index contributed by atoms with van der Waals surface area (Å²) < 4.78 is 32.1. The number of nitrogens with one attached hydrogen (secondary N) is 2. The smallest absolute Gasteiger partial charge is 0.349 e. The van der Waals surface area contributed by atoms with Gasteiger partial charge in [-0.2, -0.15) is 0 Å². The second-order valence-corrected chi connectivity index (χ2v) is 8.35. The fourth-order valence-corrected chi connectivity index (χ4v) is 3.72. The number of amides is 1. The summed E-state index contributed by atoms with van der Waals surface area (Å²) in [4.78, 5) is 32.1. The summed E-state index contributed by atoms with van der Waals surface area (Å²) in [5, 5.41) is 4.30. The number of rotatable bonds is 7. The van der Waals surface area contributed by atoms with Crippen molar-refractivity contribution in [3.8, 4) is 0 Å². The van der Waals surface area contributed by atoms with Crippen molar-refractivity contribution in [2.45, 2.75) is 17.9 Å². The number of anilines is 2. The van der Waals surface area contributed by atoms with Gasteiger partial charge in [-0.3, -0.25) is 4.79 Å². The SMILES string of the molecule is C[C@H](OC(=O)c1cccs1)C(=O)Nc1ccc(S(=O)(=O)Nc2ncccn2)cc1. The number of thiophene rings is 1. The quantitative estimate of drug-likeness (QED) is 0.549. The third-order valence-corrected chi connectivity index (χ3v) is 5.79. The van der Waals surface area contributed by atoms with Gasteiger partial charge in [0.25, 0.3) is 15.9 Å². The maximum absolute atomic E-state index is 12.3. The number of sulfonamides is 1. The average molecular weight is 432 g/mol. The van der Waals surface area contributed by atoms with Crippen LogP contribution in [0.5, 0.6) is 0 Å². The first-order valence-corrected chi connectivity index (χ1v) is 10.7. The van der Waals surface area contributed by atoms with E-state index in [0.717, 1.165) is 0 Å². The molecule has 0 bridgehead atoms. The Hall–Kier alpha value is -3.31. The second-order valence-electron chi connectivity index (χ2n) is 5.72. The van der Waals surface area contributed by atoms with E-state index < -0.39 is 28.0 Å². The number of hydrogen-bond acceptors (Lipinski definition) is 8. The maximum atomic E-state index is 12.3. The van der Waals surface area contributed by atoms with E-state index in [4.69, 9.17) is 4.74 Å². The highest BCUT2D eigenvalue weighted by atomic mass is 32.2. The molecule has 0 aliphatic carbocycles. The lowest BCUT2D eigenvalue weighted by atomic mass is 10.3. The van der Waals surface area contributed by atoms with Crippen molar-refractivity contribution in [1.29, 1.82) is 0 Å². The first-order chi connectivity index (χ1) is 13.8. The van der Waals surface area contributed by atoms with Crippen LogP contribution in [0.2, 0.25) is 0 Å². The lowest BCUT2D eigenvalue weighted by Crippen LogP contribution is -2.29. The van der Waals surface area contributed by atoms with Crippen LogP contribution in [0.3, 0.4) is 0 Å². The zero-order valence-electron chi connectivity index (χ0n) is 15.1. The molecule has 0 saturated carbocycles. The molecule has 2 heterocycles. The van der Waals surface area contributed by atoms with Crippen molar-refractivity contribution in [3.05, 3.63) is 65.1 Å². The van der Waals surface area contributed by atoms with E-state index in [1.54, 1.807) is 23.6 Å². The standard InChI is InChI=1S/C18H16N4O5S2/c1-12(27-17(24)15-4-2-11-28-15)16(23)21-13-5-7-14(8-6-13)29(25,26)22-18-19-9-3-10-20-18/h2-12H,1H3,(H,21,23)(H,19,20,22)/t12-/m0/s1. The number of hydrogen-bond donors (Lipinski definition) is 2. The van der Waals surface area contributed by atoms with Crippen molar-refractivity contribution in [3.63, 3.8) is 0 Å². The van der Waals surface area contributed by atoms with Gasteiger partial charge in [0, 0.05) is 18.1 Å². The van der Waals surface area contributed by atoms with E-state index >= 15 is 0 Å². The minimum absolute atomic E-state index is 0.0277. The predicted molar refractivity (Wildman–Crippen MR) is 107 cm³/mol. The highest BCUT2D eigenvalue weighted by Gasteiger charge is 2.20. The predicted octanol–water partition coefficient (Wildman–Crippen LogP) is 2.52. The molecule has 9 nitrogen and oxygen atoms in total. The zero-order valence-corrected chi connectivity index (χ0v) is 16.7. The normalized spacial score (nSPS) is 12.0. The third kappa shape index (κ3) is 5.36. The Bertz CT molecular complexity index is 1090. The Morgan fingerprint density at radius 3 is 2.38 bits per heavy atom. The van der Waals surface area contributed by atoms with E-state index in [1.807, 2.05) is 0 Å². The van der Waals surface area contributed by atoms with Crippen LogP contribution < -0.4 is 10.0 Å². The second kappa shape index (κ2) is 8.80. The van der Waals surface area contributed by atoms with Crippen LogP contribution in [0.15, 0.2) is 65.1 Å². The molecule has 3 rings (SSSR count). The molecule has 0 fully saturated rings. The number of ether oxygens (including phenoxy) is 1. The maximum Gasteiger partial charge on any atom is 0.349 e. The molecule has 0 saturated heterocycles. The van der Waals surface area contributed by atoms with Crippen LogP contribution in [0.25, 0.3) is 0 Å². The average Bonchev–Trinajstić information content (AvgIpc) is 3.24. The molecule has 29 heavy (non-hydrogen) atoms. The highest BCUT2D eigenvalue weighted by molar-refractivity contribution is 7.92. The van der Waals surface area contributed by atoms with E-state index in [2.05, 4.69) is 20.0 Å². The molecule has 11 heteroatoms. The van der Waals surface area contributed by atoms with Crippen molar-refractivity contribution < 1.29 is 22.7 Å². The van der Waals surface area contributed by atoms with Gasteiger partial charge >= 0.3 is 5.97 Å². The van der Waals surface area contributed by atoms with Crippen molar-refractivity contribution in [2.24, 2.45) is 0 Å². The molecule has 0 aliphatic heterocycles. The lowest BCUT2D eigenvalue weighted by Gasteiger charge is -2.13. The molecule has 0 radical (unpaired) electrons. The van der Waals surface area contributed by atoms with Crippen LogP contribution in [0.1, 0.15) is 16.6 Å². The molecule has 0 unspecified atom stereocenters. The summed E-state index contributed by atoms with van der Waals surface area (Å²) in [6.45, 7) is 1.45. The fourth-order valence-electron chi connectivity index (χ4n) is 2.16. The summed E-state index contributed by atoms with van der Waals surface area (Å²) in [6, 6.07) is 10.4. The van der Waals surface area contributed by atoms with E-state index in [-0.39, 0.29) is 10.8 Å². The molecule has 150 valence electrons. The summed E-state index contributed by atoms with van der Waals surface area (Å²) >= 11 is 1.22. The molecule has 2 N–H and O–H groups in total. The van der Waals surface area contributed by atoms with Gasteiger partial charge in [-0.15, -0.1) is 11.3 Å². The molecule has 1 atom stereocenters. The fraction of sp³-hybridized carbons (Fsp3) is 0.111. The zero-order chi connectivity index (χ0) is 20.9. The third-order valence-electron chi connectivity index (χ3n) is 3.60. The van der Waals surface area contributed by atoms with Gasteiger partial charge in [0.15, 0.2) is 6.10 Å². The first kappa shape index (κ1) is 20.4. The molecule has 3 aromatic rings.